The topological polar surface area (TPSA) is 42.2 Å². The first-order valence-corrected chi connectivity index (χ1v) is 5.85. The molecule has 0 spiro atoms. The van der Waals surface area contributed by atoms with Gasteiger partial charge in [-0.3, -0.25) is 4.40 Å². The molecular formula is C12H16N4. The van der Waals surface area contributed by atoms with E-state index in [1.807, 2.05) is 22.9 Å². The van der Waals surface area contributed by atoms with Gasteiger partial charge in [-0.25, -0.2) is 9.97 Å². The standard InChI is InChI=1S/C12H16N4/c1-9(10-3-4-10)14-7-11-8-15-12-13-5-2-6-16(11)12/h2,5-6,8-10,14H,3-4,7H2,1H3. The zero-order valence-electron chi connectivity index (χ0n) is 9.43. The van der Waals surface area contributed by atoms with Crippen LogP contribution in [0.5, 0.6) is 0 Å². The van der Waals surface area contributed by atoms with Gasteiger partial charge in [-0.15, -0.1) is 0 Å². The second-order valence-corrected chi connectivity index (χ2v) is 4.55. The van der Waals surface area contributed by atoms with Crippen molar-refractivity contribution in [1.29, 1.82) is 0 Å². The summed E-state index contributed by atoms with van der Waals surface area (Å²) in [5, 5.41) is 3.55. The summed E-state index contributed by atoms with van der Waals surface area (Å²) >= 11 is 0. The number of imidazole rings is 1. The lowest BCUT2D eigenvalue weighted by molar-refractivity contribution is 0.491. The van der Waals surface area contributed by atoms with Crippen molar-refractivity contribution in [2.45, 2.75) is 32.4 Å². The average molecular weight is 216 g/mol. The highest BCUT2D eigenvalue weighted by atomic mass is 15.1. The Hall–Kier alpha value is -1.42. The largest absolute Gasteiger partial charge is 0.308 e. The van der Waals surface area contributed by atoms with E-state index in [-0.39, 0.29) is 0 Å². The Bertz CT molecular complexity index is 486. The molecule has 1 atom stereocenters. The monoisotopic (exact) mass is 216 g/mol. The molecule has 4 nitrogen and oxygen atoms in total. The zero-order valence-corrected chi connectivity index (χ0v) is 9.43. The SMILES string of the molecule is CC(NCc1cnc2ncccn12)C1CC1. The van der Waals surface area contributed by atoms with Crippen LogP contribution in [-0.2, 0) is 6.54 Å². The molecule has 1 unspecified atom stereocenters. The minimum atomic E-state index is 0.613. The second kappa shape index (κ2) is 3.87. The van der Waals surface area contributed by atoms with E-state index in [9.17, 15) is 0 Å². The summed E-state index contributed by atoms with van der Waals surface area (Å²) in [4.78, 5) is 8.47. The molecule has 0 aromatic carbocycles. The van der Waals surface area contributed by atoms with Crippen molar-refractivity contribution in [3.05, 3.63) is 30.4 Å². The molecule has 0 aliphatic heterocycles. The summed E-state index contributed by atoms with van der Waals surface area (Å²) in [7, 11) is 0. The first-order chi connectivity index (χ1) is 7.84. The van der Waals surface area contributed by atoms with Gasteiger partial charge >= 0.3 is 0 Å². The minimum absolute atomic E-state index is 0.613. The number of hydrogen-bond acceptors (Lipinski definition) is 3. The molecule has 1 N–H and O–H groups in total. The second-order valence-electron chi connectivity index (χ2n) is 4.55. The summed E-state index contributed by atoms with van der Waals surface area (Å²) in [6.45, 7) is 3.13. The van der Waals surface area contributed by atoms with Crippen molar-refractivity contribution in [2.75, 3.05) is 0 Å². The third-order valence-electron chi connectivity index (χ3n) is 3.30. The van der Waals surface area contributed by atoms with Crippen LogP contribution in [0, 0.1) is 5.92 Å². The number of rotatable bonds is 4. The van der Waals surface area contributed by atoms with E-state index in [0.29, 0.717) is 6.04 Å². The Morgan fingerprint density at radius 1 is 1.50 bits per heavy atom. The van der Waals surface area contributed by atoms with Gasteiger partial charge in [-0.2, -0.15) is 0 Å². The molecule has 1 fully saturated rings. The highest BCUT2D eigenvalue weighted by Crippen LogP contribution is 2.32. The van der Waals surface area contributed by atoms with Crippen LogP contribution in [0.2, 0.25) is 0 Å². The molecule has 84 valence electrons. The van der Waals surface area contributed by atoms with Gasteiger partial charge in [0.05, 0.1) is 11.9 Å². The number of nitrogens with zero attached hydrogens (tertiary/aromatic N) is 3. The molecule has 2 aromatic heterocycles. The van der Waals surface area contributed by atoms with Crippen LogP contribution in [0.25, 0.3) is 5.78 Å². The predicted molar refractivity (Wildman–Crippen MR) is 62.0 cm³/mol. The van der Waals surface area contributed by atoms with Gasteiger partial charge in [0, 0.05) is 25.0 Å². The van der Waals surface area contributed by atoms with Crippen molar-refractivity contribution < 1.29 is 0 Å². The quantitative estimate of drug-likeness (QED) is 0.844. The maximum atomic E-state index is 4.27. The lowest BCUT2D eigenvalue weighted by Gasteiger charge is -2.11. The van der Waals surface area contributed by atoms with Crippen LogP contribution in [0.3, 0.4) is 0 Å². The van der Waals surface area contributed by atoms with Gasteiger partial charge in [-0.1, -0.05) is 0 Å². The summed E-state index contributed by atoms with van der Waals surface area (Å²) in [6.07, 6.45) is 8.43. The number of aromatic nitrogens is 3. The molecule has 0 saturated heterocycles. The van der Waals surface area contributed by atoms with Gasteiger partial charge < -0.3 is 5.32 Å². The Labute approximate surface area is 94.7 Å². The maximum Gasteiger partial charge on any atom is 0.233 e. The third-order valence-corrected chi connectivity index (χ3v) is 3.30. The molecule has 0 bridgehead atoms. The zero-order chi connectivity index (χ0) is 11.0. The van der Waals surface area contributed by atoms with Crippen molar-refractivity contribution >= 4 is 5.78 Å². The van der Waals surface area contributed by atoms with E-state index in [0.717, 1.165) is 18.2 Å². The Morgan fingerprint density at radius 2 is 2.38 bits per heavy atom. The molecular weight excluding hydrogens is 200 g/mol. The lowest BCUT2D eigenvalue weighted by atomic mass is 10.2. The van der Waals surface area contributed by atoms with Crippen molar-refractivity contribution in [1.82, 2.24) is 19.7 Å². The van der Waals surface area contributed by atoms with E-state index in [2.05, 4.69) is 22.2 Å². The minimum Gasteiger partial charge on any atom is -0.308 e. The van der Waals surface area contributed by atoms with E-state index in [1.165, 1.54) is 18.5 Å². The highest BCUT2D eigenvalue weighted by molar-refractivity contribution is 5.30. The summed E-state index contributed by atoms with van der Waals surface area (Å²) in [5.74, 6) is 1.66. The number of fused-ring (bicyclic) bond motifs is 1. The molecule has 1 saturated carbocycles. The summed E-state index contributed by atoms with van der Waals surface area (Å²) < 4.78 is 2.03. The average Bonchev–Trinajstić information content (AvgIpc) is 3.08. The fraction of sp³-hybridized carbons (Fsp3) is 0.500. The Balaban J connectivity index is 1.73. The Morgan fingerprint density at radius 3 is 3.19 bits per heavy atom. The molecule has 0 amide bonds. The van der Waals surface area contributed by atoms with Gasteiger partial charge in [0.2, 0.25) is 5.78 Å². The van der Waals surface area contributed by atoms with E-state index >= 15 is 0 Å². The lowest BCUT2D eigenvalue weighted by Crippen LogP contribution is -2.27. The molecule has 1 aliphatic rings. The third kappa shape index (κ3) is 1.80. The first-order valence-electron chi connectivity index (χ1n) is 5.85. The van der Waals surface area contributed by atoms with Gasteiger partial charge in [-0.05, 0) is 31.7 Å². The van der Waals surface area contributed by atoms with Gasteiger partial charge in [0.15, 0.2) is 0 Å². The molecule has 3 rings (SSSR count). The van der Waals surface area contributed by atoms with Crippen LogP contribution < -0.4 is 5.32 Å². The Kier molecular flexibility index (Phi) is 2.36. The molecule has 0 radical (unpaired) electrons. The summed E-state index contributed by atoms with van der Waals surface area (Å²) in [5.41, 5.74) is 1.18. The van der Waals surface area contributed by atoms with Crippen molar-refractivity contribution in [3.8, 4) is 0 Å². The van der Waals surface area contributed by atoms with Crippen LogP contribution in [0.1, 0.15) is 25.5 Å². The fourth-order valence-electron chi connectivity index (χ4n) is 2.04. The summed E-state index contributed by atoms with van der Waals surface area (Å²) in [6, 6.07) is 2.55. The van der Waals surface area contributed by atoms with Gasteiger partial charge in [0.25, 0.3) is 0 Å². The predicted octanol–water partition coefficient (Wildman–Crippen LogP) is 1.62. The van der Waals surface area contributed by atoms with E-state index < -0.39 is 0 Å². The molecule has 16 heavy (non-hydrogen) atoms. The molecule has 1 aliphatic carbocycles. The van der Waals surface area contributed by atoms with Crippen LogP contribution in [-0.4, -0.2) is 20.4 Å². The van der Waals surface area contributed by atoms with Crippen LogP contribution in [0.4, 0.5) is 0 Å². The molecule has 2 aromatic rings. The van der Waals surface area contributed by atoms with E-state index in [1.54, 1.807) is 6.20 Å². The molecule has 2 heterocycles. The van der Waals surface area contributed by atoms with Crippen LogP contribution >= 0.6 is 0 Å². The first kappa shape index (κ1) is 9.78. The van der Waals surface area contributed by atoms with Gasteiger partial charge in [0.1, 0.15) is 0 Å². The molecule has 4 heteroatoms. The highest BCUT2D eigenvalue weighted by Gasteiger charge is 2.27. The van der Waals surface area contributed by atoms with Crippen molar-refractivity contribution in [2.24, 2.45) is 5.92 Å². The smallest absolute Gasteiger partial charge is 0.233 e. The maximum absolute atomic E-state index is 4.27. The fourth-order valence-corrected chi connectivity index (χ4v) is 2.04. The number of hydrogen-bond donors (Lipinski definition) is 1. The van der Waals surface area contributed by atoms with E-state index in [4.69, 9.17) is 0 Å². The number of nitrogens with one attached hydrogen (secondary N) is 1. The van der Waals surface area contributed by atoms with Crippen LogP contribution in [0.15, 0.2) is 24.7 Å². The van der Waals surface area contributed by atoms with Crippen molar-refractivity contribution in [3.63, 3.8) is 0 Å². The normalized spacial score (nSPS) is 17.8.